The Morgan fingerprint density at radius 1 is 1.17 bits per heavy atom. The zero-order chi connectivity index (χ0) is 13.2. The molecule has 2 rings (SSSR count). The largest absolute Gasteiger partial charge is 0.376 e. The summed E-state index contributed by atoms with van der Waals surface area (Å²) in [7, 11) is 0. The van der Waals surface area contributed by atoms with Crippen LogP contribution in [-0.2, 0) is 6.42 Å². The van der Waals surface area contributed by atoms with Crippen molar-refractivity contribution in [1.29, 1.82) is 0 Å². The van der Waals surface area contributed by atoms with E-state index in [4.69, 9.17) is 0 Å². The van der Waals surface area contributed by atoms with E-state index in [1.165, 1.54) is 29.8 Å². The first-order valence-corrected chi connectivity index (χ1v) is 7.34. The fourth-order valence-corrected chi connectivity index (χ4v) is 2.89. The van der Waals surface area contributed by atoms with Crippen LogP contribution in [-0.4, -0.2) is 18.6 Å². The average Bonchev–Trinajstić information content (AvgIpc) is 2.45. The Labute approximate surface area is 111 Å². The smallest absolute Gasteiger partial charge is 0.0603 e. The Morgan fingerprint density at radius 3 is 2.44 bits per heavy atom. The Kier molecular flexibility index (Phi) is 3.84. The summed E-state index contributed by atoms with van der Waals surface area (Å²) in [6.07, 6.45) is 3.46. The topological polar surface area (TPSA) is 15.3 Å². The molecule has 0 radical (unpaired) electrons. The summed E-state index contributed by atoms with van der Waals surface area (Å²) in [5, 5.41) is 3.81. The fraction of sp³-hybridized carbons (Fsp3) is 0.625. The van der Waals surface area contributed by atoms with Gasteiger partial charge in [-0.2, -0.15) is 0 Å². The molecule has 1 aliphatic rings. The fourth-order valence-electron chi connectivity index (χ4n) is 2.89. The third-order valence-electron chi connectivity index (χ3n) is 4.44. The molecule has 0 bridgehead atoms. The lowest BCUT2D eigenvalue weighted by Gasteiger charge is -2.45. The number of aryl methyl sites for hydroxylation is 1. The minimum Gasteiger partial charge on any atom is -0.376 e. The maximum Gasteiger partial charge on any atom is 0.0603 e. The lowest BCUT2D eigenvalue weighted by atomic mass is 9.88. The third-order valence-corrected chi connectivity index (χ3v) is 4.44. The highest BCUT2D eigenvalue weighted by atomic mass is 15.2. The van der Waals surface area contributed by atoms with E-state index in [0.717, 1.165) is 19.5 Å². The van der Waals surface area contributed by atoms with Crippen molar-refractivity contribution in [2.45, 2.75) is 52.5 Å². The molecule has 1 aromatic carbocycles. The van der Waals surface area contributed by atoms with Crippen LogP contribution in [0.25, 0.3) is 0 Å². The zero-order valence-corrected chi connectivity index (χ0v) is 12.2. The van der Waals surface area contributed by atoms with Gasteiger partial charge in [0.05, 0.1) is 16.9 Å². The molecule has 2 nitrogen and oxygen atoms in total. The van der Waals surface area contributed by atoms with Crippen LogP contribution < -0.4 is 10.2 Å². The van der Waals surface area contributed by atoms with E-state index in [1.807, 2.05) is 0 Å². The molecule has 100 valence electrons. The van der Waals surface area contributed by atoms with Crippen LogP contribution in [0.2, 0.25) is 0 Å². The Morgan fingerprint density at radius 2 is 1.89 bits per heavy atom. The lowest BCUT2D eigenvalue weighted by Crippen LogP contribution is -2.51. The van der Waals surface area contributed by atoms with E-state index in [2.05, 4.69) is 56.1 Å². The Hall–Kier alpha value is -1.18. The van der Waals surface area contributed by atoms with Crippen molar-refractivity contribution >= 4 is 11.4 Å². The highest BCUT2D eigenvalue weighted by Gasteiger charge is 2.33. The summed E-state index contributed by atoms with van der Waals surface area (Å²) in [6.45, 7) is 11.3. The lowest BCUT2D eigenvalue weighted by molar-refractivity contribution is 0.422. The third kappa shape index (κ3) is 2.21. The normalized spacial score (nSPS) is 17.2. The predicted molar refractivity (Wildman–Crippen MR) is 80.6 cm³/mol. The maximum atomic E-state index is 3.81. The molecule has 1 N–H and O–H groups in total. The molecule has 0 aromatic heterocycles. The molecule has 0 amide bonds. The highest BCUT2D eigenvalue weighted by Crippen LogP contribution is 2.37. The van der Waals surface area contributed by atoms with Crippen molar-refractivity contribution < 1.29 is 0 Å². The molecule has 0 aliphatic carbocycles. The molecule has 0 saturated carbocycles. The minimum atomic E-state index is 0.245. The summed E-state index contributed by atoms with van der Waals surface area (Å²) < 4.78 is 0. The first kappa shape index (κ1) is 13.3. The van der Waals surface area contributed by atoms with Crippen LogP contribution in [0.15, 0.2) is 18.2 Å². The molecule has 18 heavy (non-hydrogen) atoms. The number of nitrogens with zero attached hydrogens (tertiary/aromatic N) is 1. The second-order valence-corrected chi connectivity index (χ2v) is 5.33. The average molecular weight is 246 g/mol. The molecule has 1 aromatic rings. The van der Waals surface area contributed by atoms with Crippen molar-refractivity contribution in [3.05, 3.63) is 23.8 Å². The van der Waals surface area contributed by atoms with Gasteiger partial charge in [0.15, 0.2) is 0 Å². The number of likely N-dealkylation sites (N-methyl/N-ethyl adjacent to an activating group) is 1. The van der Waals surface area contributed by atoms with Gasteiger partial charge in [0.2, 0.25) is 0 Å². The number of hydrogen-bond donors (Lipinski definition) is 1. The molecule has 2 heteroatoms. The first-order chi connectivity index (χ1) is 8.68. The van der Waals surface area contributed by atoms with Gasteiger partial charge in [-0.1, -0.05) is 26.8 Å². The van der Waals surface area contributed by atoms with Gasteiger partial charge >= 0.3 is 0 Å². The van der Waals surface area contributed by atoms with E-state index in [9.17, 15) is 0 Å². The van der Waals surface area contributed by atoms with Crippen LogP contribution in [0.5, 0.6) is 0 Å². The number of anilines is 2. The predicted octanol–water partition coefficient (Wildman–Crippen LogP) is 4.06. The number of hydrogen-bond acceptors (Lipinski definition) is 2. The van der Waals surface area contributed by atoms with Crippen LogP contribution in [0.3, 0.4) is 0 Å². The minimum absolute atomic E-state index is 0.245. The monoisotopic (exact) mass is 246 g/mol. The van der Waals surface area contributed by atoms with Crippen molar-refractivity contribution in [1.82, 2.24) is 0 Å². The summed E-state index contributed by atoms with van der Waals surface area (Å²) in [6, 6.07) is 6.87. The van der Waals surface area contributed by atoms with Gasteiger partial charge in [0.25, 0.3) is 0 Å². The maximum absolute atomic E-state index is 3.81. The van der Waals surface area contributed by atoms with Gasteiger partial charge in [0, 0.05) is 13.1 Å². The molecule has 0 saturated heterocycles. The molecule has 0 spiro atoms. The van der Waals surface area contributed by atoms with Crippen LogP contribution in [0.1, 0.15) is 46.1 Å². The molecule has 0 atom stereocenters. The SMILES string of the molecule is CCc1ccc2c(c1)NC(CC)(CC)CN2CC. The van der Waals surface area contributed by atoms with Gasteiger partial charge in [-0.25, -0.2) is 0 Å². The molecular formula is C16H26N2. The van der Waals surface area contributed by atoms with E-state index in [1.54, 1.807) is 0 Å². The van der Waals surface area contributed by atoms with Crippen LogP contribution in [0.4, 0.5) is 11.4 Å². The van der Waals surface area contributed by atoms with E-state index < -0.39 is 0 Å². The Balaban J connectivity index is 2.42. The van der Waals surface area contributed by atoms with Gasteiger partial charge in [-0.3, -0.25) is 0 Å². The molecule has 0 unspecified atom stereocenters. The summed E-state index contributed by atoms with van der Waals surface area (Å²) in [5.74, 6) is 0. The molecule has 1 aliphatic heterocycles. The molecular weight excluding hydrogens is 220 g/mol. The Bertz CT molecular complexity index is 408. The van der Waals surface area contributed by atoms with Gasteiger partial charge in [-0.15, -0.1) is 0 Å². The van der Waals surface area contributed by atoms with Gasteiger partial charge < -0.3 is 10.2 Å². The second kappa shape index (κ2) is 5.21. The van der Waals surface area contributed by atoms with E-state index in [0.29, 0.717) is 0 Å². The summed E-state index contributed by atoms with van der Waals surface area (Å²) in [4.78, 5) is 2.51. The standard InChI is InChI=1S/C16H26N2/c1-5-13-9-10-15-14(11-13)17-16(6-2,7-3)12-18(15)8-4/h9-11,17H,5-8,12H2,1-4H3. The summed E-state index contributed by atoms with van der Waals surface area (Å²) >= 11 is 0. The van der Waals surface area contributed by atoms with Crippen LogP contribution >= 0.6 is 0 Å². The summed E-state index contributed by atoms with van der Waals surface area (Å²) in [5.41, 5.74) is 4.36. The van der Waals surface area contributed by atoms with Gasteiger partial charge in [0.1, 0.15) is 0 Å². The van der Waals surface area contributed by atoms with E-state index in [-0.39, 0.29) is 5.54 Å². The van der Waals surface area contributed by atoms with E-state index >= 15 is 0 Å². The van der Waals surface area contributed by atoms with Gasteiger partial charge in [-0.05, 0) is 43.9 Å². The van der Waals surface area contributed by atoms with Crippen LogP contribution in [0, 0.1) is 0 Å². The van der Waals surface area contributed by atoms with Crippen molar-refractivity contribution in [3.63, 3.8) is 0 Å². The molecule has 0 fully saturated rings. The van der Waals surface area contributed by atoms with Crippen molar-refractivity contribution in [2.24, 2.45) is 0 Å². The number of benzene rings is 1. The van der Waals surface area contributed by atoms with Crippen molar-refractivity contribution in [3.8, 4) is 0 Å². The first-order valence-electron chi connectivity index (χ1n) is 7.34. The highest BCUT2D eigenvalue weighted by molar-refractivity contribution is 5.74. The zero-order valence-electron chi connectivity index (χ0n) is 12.2. The van der Waals surface area contributed by atoms with Crippen molar-refractivity contribution in [2.75, 3.05) is 23.3 Å². The number of nitrogens with one attached hydrogen (secondary N) is 1. The molecule has 1 heterocycles. The quantitative estimate of drug-likeness (QED) is 0.862. The number of rotatable bonds is 4. The number of fused-ring (bicyclic) bond motifs is 1. The second-order valence-electron chi connectivity index (χ2n) is 5.33.